The molecule has 1 aromatic carbocycles. The summed E-state index contributed by atoms with van der Waals surface area (Å²) < 4.78 is 39.5. The molecule has 0 bridgehead atoms. The SMILES string of the molecule is CCCOC(C(O)CN(CCC[Si](OC)(OC)OC)c1ccccc1)[Si](OC)(OC)OC. The molecule has 1 rings (SSSR count). The number of para-hydroxylation sites is 1. The third-order valence-electron chi connectivity index (χ3n) is 5.43. The van der Waals surface area contributed by atoms with E-state index in [0.29, 0.717) is 25.7 Å². The highest BCUT2D eigenvalue weighted by molar-refractivity contribution is 6.62. The maximum Gasteiger partial charge on any atom is 0.533 e. The van der Waals surface area contributed by atoms with Gasteiger partial charge in [0.25, 0.3) is 0 Å². The van der Waals surface area contributed by atoms with Crippen molar-refractivity contribution in [1.29, 1.82) is 0 Å². The summed E-state index contributed by atoms with van der Waals surface area (Å²) >= 11 is 0. The minimum absolute atomic E-state index is 0.310. The number of ether oxygens (including phenoxy) is 1. The first-order valence-corrected chi connectivity index (χ1v) is 14.5. The van der Waals surface area contributed by atoms with Gasteiger partial charge in [-0.2, -0.15) is 0 Å². The molecular weight excluding hydrogens is 450 g/mol. The fraction of sp³-hybridized carbons (Fsp3) is 0.714. The second-order valence-corrected chi connectivity index (χ2v) is 13.3. The highest BCUT2D eigenvalue weighted by atomic mass is 28.4. The highest BCUT2D eigenvalue weighted by Crippen LogP contribution is 2.23. The van der Waals surface area contributed by atoms with Gasteiger partial charge in [-0.05, 0) is 25.0 Å². The third kappa shape index (κ3) is 7.87. The molecule has 0 amide bonds. The van der Waals surface area contributed by atoms with Crippen molar-refractivity contribution in [1.82, 2.24) is 0 Å². The van der Waals surface area contributed by atoms with Gasteiger partial charge in [-0.1, -0.05) is 25.1 Å². The molecule has 1 N–H and O–H groups in total. The van der Waals surface area contributed by atoms with Gasteiger partial charge in [0.15, 0.2) is 5.73 Å². The van der Waals surface area contributed by atoms with Gasteiger partial charge < -0.3 is 41.3 Å². The topological polar surface area (TPSA) is 88.1 Å². The lowest BCUT2D eigenvalue weighted by molar-refractivity contribution is -0.0449. The Morgan fingerprint density at radius 2 is 1.44 bits per heavy atom. The molecule has 1 aromatic rings. The minimum Gasteiger partial charge on any atom is -0.389 e. The van der Waals surface area contributed by atoms with Crippen molar-refractivity contribution in [2.45, 2.75) is 37.6 Å². The summed E-state index contributed by atoms with van der Waals surface area (Å²) in [5, 5.41) is 11.3. The molecule has 0 aliphatic rings. The van der Waals surface area contributed by atoms with E-state index >= 15 is 0 Å². The van der Waals surface area contributed by atoms with Crippen molar-refractivity contribution >= 4 is 23.3 Å². The Labute approximate surface area is 195 Å². The second kappa shape index (κ2) is 15.1. The zero-order valence-electron chi connectivity index (χ0n) is 20.5. The minimum atomic E-state index is -3.25. The Morgan fingerprint density at radius 1 is 0.875 bits per heavy atom. The van der Waals surface area contributed by atoms with Crippen LogP contribution in [0.3, 0.4) is 0 Å². The van der Waals surface area contributed by atoms with E-state index in [1.165, 1.54) is 21.3 Å². The summed E-state index contributed by atoms with van der Waals surface area (Å²) in [4.78, 5) is 2.10. The lowest BCUT2D eigenvalue weighted by Gasteiger charge is -2.37. The molecular formula is C21H41NO8Si2. The Hall–Kier alpha value is -0.866. The van der Waals surface area contributed by atoms with Crippen molar-refractivity contribution in [3.05, 3.63) is 30.3 Å². The molecule has 0 aliphatic heterocycles. The van der Waals surface area contributed by atoms with Crippen molar-refractivity contribution in [2.75, 3.05) is 67.3 Å². The van der Waals surface area contributed by atoms with Gasteiger partial charge in [-0.15, -0.1) is 0 Å². The van der Waals surface area contributed by atoms with Crippen LogP contribution in [0.5, 0.6) is 0 Å². The molecule has 9 nitrogen and oxygen atoms in total. The molecule has 11 heteroatoms. The number of anilines is 1. The van der Waals surface area contributed by atoms with Crippen LogP contribution < -0.4 is 4.90 Å². The molecule has 0 fully saturated rings. The molecule has 0 radical (unpaired) electrons. The molecule has 0 saturated carbocycles. The smallest absolute Gasteiger partial charge is 0.389 e. The summed E-state index contributed by atoms with van der Waals surface area (Å²) in [6.45, 7) is 3.44. The van der Waals surface area contributed by atoms with Crippen LogP contribution in [0, 0.1) is 0 Å². The van der Waals surface area contributed by atoms with Gasteiger partial charge in [0.2, 0.25) is 0 Å². The average Bonchev–Trinajstić information content (AvgIpc) is 2.85. The van der Waals surface area contributed by atoms with E-state index in [2.05, 4.69) is 4.90 Å². The number of rotatable bonds is 18. The highest BCUT2D eigenvalue weighted by Gasteiger charge is 2.52. The maximum atomic E-state index is 11.3. The predicted octanol–water partition coefficient (Wildman–Crippen LogP) is 2.33. The van der Waals surface area contributed by atoms with E-state index in [4.69, 9.17) is 31.3 Å². The Balaban J connectivity index is 3.06. The fourth-order valence-electron chi connectivity index (χ4n) is 3.62. The summed E-state index contributed by atoms with van der Waals surface area (Å²) in [6, 6.07) is 10.6. The summed E-state index contributed by atoms with van der Waals surface area (Å²) in [6.07, 6.45) is 0.651. The first-order chi connectivity index (χ1) is 15.4. The molecule has 0 aliphatic carbocycles. The van der Waals surface area contributed by atoms with E-state index in [9.17, 15) is 5.11 Å². The van der Waals surface area contributed by atoms with Crippen molar-refractivity contribution in [2.24, 2.45) is 0 Å². The van der Waals surface area contributed by atoms with Crippen LogP contribution in [0.4, 0.5) is 5.69 Å². The largest absolute Gasteiger partial charge is 0.533 e. The lowest BCUT2D eigenvalue weighted by Crippen LogP contribution is -2.62. The van der Waals surface area contributed by atoms with Gasteiger partial charge >= 0.3 is 17.6 Å². The Morgan fingerprint density at radius 3 is 1.91 bits per heavy atom. The zero-order chi connectivity index (χ0) is 24.0. The van der Waals surface area contributed by atoms with E-state index in [0.717, 1.165) is 18.5 Å². The van der Waals surface area contributed by atoms with Crippen molar-refractivity contribution in [3.63, 3.8) is 0 Å². The summed E-state index contributed by atoms with van der Waals surface area (Å²) in [7, 11) is 3.47. The summed E-state index contributed by atoms with van der Waals surface area (Å²) in [5.41, 5.74) is 0.263. The number of benzene rings is 1. The fourth-order valence-corrected chi connectivity index (χ4v) is 7.42. The van der Waals surface area contributed by atoms with E-state index in [1.54, 1.807) is 21.3 Å². The Kier molecular flexibility index (Phi) is 13.8. The molecule has 2 atom stereocenters. The average molecular weight is 492 g/mol. The standard InChI is InChI=1S/C21H41NO8Si2/c1-8-16-30-21(32(27-5,28-6)29-7)20(23)18-22(19-13-10-9-11-14-19)15-12-17-31(24-2,25-3)26-4/h9-11,13-14,20-21,23H,8,12,15-18H2,1-7H3. The predicted molar refractivity (Wildman–Crippen MR) is 128 cm³/mol. The molecule has 2 unspecified atom stereocenters. The maximum absolute atomic E-state index is 11.3. The van der Waals surface area contributed by atoms with E-state index < -0.39 is 29.4 Å². The van der Waals surface area contributed by atoms with Crippen LogP contribution in [0.25, 0.3) is 0 Å². The first kappa shape index (κ1) is 29.2. The van der Waals surface area contributed by atoms with Gasteiger partial charge in [0.05, 0.1) is 0 Å². The van der Waals surface area contributed by atoms with Crippen molar-refractivity contribution < 1.29 is 36.4 Å². The number of hydrogen-bond donors (Lipinski definition) is 1. The monoisotopic (exact) mass is 491 g/mol. The second-order valence-electron chi connectivity index (χ2n) is 7.26. The van der Waals surface area contributed by atoms with Gasteiger partial charge in [-0.25, -0.2) is 0 Å². The summed E-state index contributed by atoms with van der Waals surface area (Å²) in [5.74, 6) is 0. The molecule has 32 heavy (non-hydrogen) atoms. The Bertz CT molecular complexity index is 588. The molecule has 0 saturated heterocycles. The zero-order valence-corrected chi connectivity index (χ0v) is 22.5. The third-order valence-corrected chi connectivity index (χ3v) is 11.2. The van der Waals surface area contributed by atoms with Gasteiger partial charge in [0.1, 0.15) is 6.10 Å². The van der Waals surface area contributed by atoms with Crippen molar-refractivity contribution in [3.8, 4) is 0 Å². The quantitative estimate of drug-likeness (QED) is 0.311. The number of aliphatic hydroxyl groups excluding tert-OH is 1. The normalized spacial score (nSPS) is 14.4. The van der Waals surface area contributed by atoms with E-state index in [-0.39, 0.29) is 0 Å². The van der Waals surface area contributed by atoms with Crippen LogP contribution in [-0.4, -0.2) is 96.9 Å². The van der Waals surface area contributed by atoms with Crippen LogP contribution in [0.15, 0.2) is 30.3 Å². The number of nitrogens with zero attached hydrogens (tertiary/aromatic N) is 1. The molecule has 186 valence electrons. The molecule has 0 spiro atoms. The van der Waals surface area contributed by atoms with Crippen LogP contribution in [-0.2, 0) is 31.3 Å². The van der Waals surface area contributed by atoms with Gasteiger partial charge in [-0.3, -0.25) is 0 Å². The van der Waals surface area contributed by atoms with Crippen LogP contribution >= 0.6 is 0 Å². The van der Waals surface area contributed by atoms with Crippen LogP contribution in [0.1, 0.15) is 19.8 Å². The number of hydrogen-bond acceptors (Lipinski definition) is 9. The molecule has 0 aromatic heterocycles. The van der Waals surface area contributed by atoms with E-state index in [1.807, 2.05) is 37.3 Å². The van der Waals surface area contributed by atoms with Gasteiger partial charge in [0, 0.05) is 74.1 Å². The molecule has 0 heterocycles. The lowest BCUT2D eigenvalue weighted by atomic mass is 10.2. The first-order valence-electron chi connectivity index (χ1n) is 10.8. The van der Waals surface area contributed by atoms with Crippen LogP contribution in [0.2, 0.25) is 6.04 Å². The number of aliphatic hydroxyl groups is 1.